The van der Waals surface area contributed by atoms with E-state index in [1.807, 2.05) is 4.90 Å². The molecule has 1 aromatic carbocycles. The lowest BCUT2D eigenvalue weighted by atomic mass is 9.97. The minimum Gasteiger partial charge on any atom is -0.496 e. The van der Waals surface area contributed by atoms with Crippen LogP contribution in [0.25, 0.3) is 0 Å². The van der Waals surface area contributed by atoms with E-state index in [0.29, 0.717) is 22.0 Å². The minimum absolute atomic E-state index is 0.0103. The van der Waals surface area contributed by atoms with Crippen molar-refractivity contribution in [2.45, 2.75) is 43.8 Å². The van der Waals surface area contributed by atoms with Crippen LogP contribution in [-0.4, -0.2) is 53.7 Å². The number of nitrogens with zero attached hydrogens (tertiary/aromatic N) is 1. The van der Waals surface area contributed by atoms with Crippen molar-refractivity contribution >= 4 is 29.2 Å². The molecule has 0 radical (unpaired) electrons. The summed E-state index contributed by atoms with van der Waals surface area (Å²) in [7, 11) is 1.48. The van der Waals surface area contributed by atoms with Crippen LogP contribution in [0.4, 0.5) is 5.69 Å². The summed E-state index contributed by atoms with van der Waals surface area (Å²) in [4.78, 5) is 25.7. The highest BCUT2D eigenvalue weighted by Gasteiger charge is 2.41. The van der Waals surface area contributed by atoms with Crippen LogP contribution < -0.4 is 15.8 Å². The molecule has 7 nitrogen and oxygen atoms in total. The van der Waals surface area contributed by atoms with Gasteiger partial charge in [0.1, 0.15) is 5.75 Å². The number of carbonyl (C=O) groups excluding carboxylic acids is 1. The Morgan fingerprint density at radius 3 is 2.56 bits per heavy atom. The number of hydrogen-bond donors (Lipinski definition) is 3. The van der Waals surface area contributed by atoms with Crippen molar-refractivity contribution in [3.05, 3.63) is 22.7 Å². The average Bonchev–Trinajstić information content (AvgIpc) is 2.79. The van der Waals surface area contributed by atoms with Crippen molar-refractivity contribution in [1.29, 1.82) is 0 Å². The zero-order chi connectivity index (χ0) is 18.1. The van der Waals surface area contributed by atoms with E-state index in [2.05, 4.69) is 5.32 Å². The predicted molar refractivity (Wildman–Crippen MR) is 94.1 cm³/mol. The third kappa shape index (κ3) is 3.67. The first-order chi connectivity index (χ1) is 11.9. The van der Waals surface area contributed by atoms with Gasteiger partial charge in [-0.25, -0.2) is 0 Å². The molecule has 2 fully saturated rings. The van der Waals surface area contributed by atoms with Gasteiger partial charge in [0, 0.05) is 24.2 Å². The van der Waals surface area contributed by atoms with Gasteiger partial charge in [-0.3, -0.25) is 14.5 Å². The van der Waals surface area contributed by atoms with Gasteiger partial charge in [0.25, 0.3) is 5.91 Å². The molecule has 25 heavy (non-hydrogen) atoms. The summed E-state index contributed by atoms with van der Waals surface area (Å²) in [6, 6.07) is 3.47. The molecule has 2 bridgehead atoms. The highest BCUT2D eigenvalue weighted by molar-refractivity contribution is 6.33. The third-order valence-corrected chi connectivity index (χ3v) is 5.43. The molecule has 2 atom stereocenters. The fourth-order valence-corrected chi connectivity index (χ4v) is 4.15. The Labute approximate surface area is 151 Å². The van der Waals surface area contributed by atoms with Crippen LogP contribution in [0.15, 0.2) is 12.1 Å². The Morgan fingerprint density at radius 1 is 1.36 bits per heavy atom. The first-order valence-corrected chi connectivity index (χ1v) is 8.68. The summed E-state index contributed by atoms with van der Waals surface area (Å²) >= 11 is 6.03. The van der Waals surface area contributed by atoms with Crippen LogP contribution in [0.2, 0.25) is 5.02 Å². The number of methoxy groups -OCH3 is 1. The largest absolute Gasteiger partial charge is 0.496 e. The van der Waals surface area contributed by atoms with Gasteiger partial charge in [0.05, 0.1) is 29.9 Å². The fraction of sp³-hybridized carbons (Fsp3) is 0.529. The Kier molecular flexibility index (Phi) is 5.06. The maximum atomic E-state index is 12.7. The number of nitrogens with one attached hydrogen (secondary N) is 1. The summed E-state index contributed by atoms with van der Waals surface area (Å²) < 4.78 is 5.23. The lowest BCUT2D eigenvalue weighted by Gasteiger charge is -2.38. The molecule has 1 aromatic rings. The first kappa shape index (κ1) is 17.8. The predicted octanol–water partition coefficient (Wildman–Crippen LogP) is 1.74. The lowest BCUT2D eigenvalue weighted by Crippen LogP contribution is -2.51. The molecule has 2 saturated heterocycles. The fourth-order valence-electron chi connectivity index (χ4n) is 3.98. The van der Waals surface area contributed by atoms with E-state index in [4.69, 9.17) is 27.2 Å². The number of carboxylic acid groups (broad SMARTS) is 1. The van der Waals surface area contributed by atoms with Crippen LogP contribution in [-0.2, 0) is 4.79 Å². The number of ether oxygens (including phenoxy) is 1. The summed E-state index contributed by atoms with van der Waals surface area (Å²) in [5.74, 6) is -0.679. The second-order valence-electron chi connectivity index (χ2n) is 6.67. The van der Waals surface area contributed by atoms with Crippen molar-refractivity contribution in [3.8, 4) is 5.75 Å². The van der Waals surface area contributed by atoms with Crippen molar-refractivity contribution in [1.82, 2.24) is 10.2 Å². The van der Waals surface area contributed by atoms with E-state index in [0.717, 1.165) is 25.7 Å². The van der Waals surface area contributed by atoms with Gasteiger partial charge in [-0.15, -0.1) is 0 Å². The average molecular weight is 368 g/mol. The molecule has 2 aliphatic heterocycles. The number of rotatable bonds is 5. The zero-order valence-corrected chi connectivity index (χ0v) is 14.8. The van der Waals surface area contributed by atoms with Crippen LogP contribution in [0, 0.1) is 0 Å². The van der Waals surface area contributed by atoms with Gasteiger partial charge in [0.2, 0.25) is 0 Å². The number of piperidine rings is 1. The summed E-state index contributed by atoms with van der Waals surface area (Å²) in [5, 5.41) is 12.4. The van der Waals surface area contributed by atoms with Gasteiger partial charge in [-0.05, 0) is 31.7 Å². The van der Waals surface area contributed by atoms with Crippen LogP contribution in [0.1, 0.15) is 36.0 Å². The van der Waals surface area contributed by atoms with Crippen LogP contribution in [0.5, 0.6) is 5.75 Å². The van der Waals surface area contributed by atoms with E-state index in [-0.39, 0.29) is 30.6 Å². The van der Waals surface area contributed by atoms with E-state index in [9.17, 15) is 9.59 Å². The Bertz CT molecular complexity index is 683. The molecule has 0 saturated carbocycles. The number of nitrogen functional groups attached to an aromatic ring is 1. The number of anilines is 1. The first-order valence-electron chi connectivity index (χ1n) is 8.30. The molecule has 8 heteroatoms. The van der Waals surface area contributed by atoms with E-state index < -0.39 is 5.97 Å². The number of nitrogens with two attached hydrogens (primary N) is 1. The number of benzene rings is 1. The van der Waals surface area contributed by atoms with Crippen molar-refractivity contribution in [3.63, 3.8) is 0 Å². The molecule has 3 rings (SSSR count). The number of hydrogen-bond acceptors (Lipinski definition) is 5. The molecule has 2 heterocycles. The van der Waals surface area contributed by atoms with Crippen molar-refractivity contribution in [2.75, 3.05) is 19.4 Å². The number of amides is 1. The summed E-state index contributed by atoms with van der Waals surface area (Å²) in [6.07, 6.45) is 3.45. The normalized spacial score (nSPS) is 25.6. The number of carbonyl (C=O) groups is 2. The Balaban J connectivity index is 1.69. The third-order valence-electron chi connectivity index (χ3n) is 5.10. The van der Waals surface area contributed by atoms with Crippen molar-refractivity contribution in [2.24, 2.45) is 0 Å². The molecule has 0 aromatic heterocycles. The second kappa shape index (κ2) is 7.09. The maximum absolute atomic E-state index is 12.7. The molecule has 0 spiro atoms. The van der Waals surface area contributed by atoms with Crippen molar-refractivity contribution < 1.29 is 19.4 Å². The molecule has 1 amide bonds. The SMILES string of the molecule is COc1cc(N)c(Cl)cc1C(=O)NC1CC2CCC(C1)N2CC(=O)O. The molecule has 136 valence electrons. The van der Waals surface area contributed by atoms with Crippen LogP contribution >= 0.6 is 11.6 Å². The van der Waals surface area contributed by atoms with E-state index in [1.165, 1.54) is 19.2 Å². The lowest BCUT2D eigenvalue weighted by molar-refractivity contribution is -0.139. The van der Waals surface area contributed by atoms with Gasteiger partial charge in [-0.2, -0.15) is 0 Å². The molecule has 0 aliphatic carbocycles. The summed E-state index contributed by atoms with van der Waals surface area (Å²) in [5.41, 5.74) is 6.46. The minimum atomic E-state index is -0.805. The quantitative estimate of drug-likeness (QED) is 0.685. The standard InChI is InChI=1S/C17H22ClN3O4/c1-25-15-7-14(19)13(18)6-12(15)17(24)20-9-4-10-2-3-11(5-9)21(10)8-16(22)23/h6-7,9-11H,2-5,8,19H2,1H3,(H,20,24)(H,22,23). The second-order valence-corrected chi connectivity index (χ2v) is 7.07. The van der Waals surface area contributed by atoms with Gasteiger partial charge in [-0.1, -0.05) is 11.6 Å². The van der Waals surface area contributed by atoms with Gasteiger partial charge < -0.3 is 20.9 Å². The number of carboxylic acids is 1. The highest BCUT2D eigenvalue weighted by atomic mass is 35.5. The molecule has 2 aliphatic rings. The van der Waals surface area contributed by atoms with E-state index >= 15 is 0 Å². The monoisotopic (exact) mass is 367 g/mol. The molecular formula is C17H22ClN3O4. The topological polar surface area (TPSA) is 105 Å². The smallest absolute Gasteiger partial charge is 0.317 e. The number of halogens is 1. The van der Waals surface area contributed by atoms with Gasteiger partial charge in [0.15, 0.2) is 0 Å². The van der Waals surface area contributed by atoms with E-state index in [1.54, 1.807) is 0 Å². The van der Waals surface area contributed by atoms with Gasteiger partial charge >= 0.3 is 5.97 Å². The Morgan fingerprint density at radius 2 is 2.00 bits per heavy atom. The maximum Gasteiger partial charge on any atom is 0.317 e. The molecule has 4 N–H and O–H groups in total. The highest BCUT2D eigenvalue weighted by Crippen LogP contribution is 2.36. The number of aliphatic carboxylic acids is 1. The number of fused-ring (bicyclic) bond motifs is 2. The molecule has 2 unspecified atom stereocenters. The Hall–Kier alpha value is -1.99. The molecular weight excluding hydrogens is 346 g/mol. The van der Waals surface area contributed by atoms with Crippen LogP contribution in [0.3, 0.4) is 0 Å². The zero-order valence-electron chi connectivity index (χ0n) is 14.0. The summed E-state index contributed by atoms with van der Waals surface area (Å²) in [6.45, 7) is 0.0669.